The minimum absolute atomic E-state index is 1.12. The summed E-state index contributed by atoms with van der Waals surface area (Å²) in [6.07, 6.45) is 40.3. The van der Waals surface area contributed by atoms with Crippen molar-refractivity contribution in [1.29, 1.82) is 0 Å². The van der Waals surface area contributed by atoms with Crippen molar-refractivity contribution in [3.05, 3.63) is 130 Å². The van der Waals surface area contributed by atoms with Gasteiger partial charge in [-0.25, -0.2) is 0 Å². The largest absolute Gasteiger partial charge is 0.0856 e. The standard InChI is InChI=1S/C40H60/c1-33(2)19-13-23-37(7)27-17-31-39(9)29-15-25-35(5)21-11-12-22-36(6)26-16-30-40(10)32-18-28-38(8)24-14-20-34(3)4/h11-12,15-16,19-22,25-30H,13-14,17-18,23-24,31-32H2,1-10H3. The van der Waals surface area contributed by atoms with Crippen LogP contribution < -0.4 is 0 Å². The van der Waals surface area contributed by atoms with Crippen LogP contribution in [-0.2, 0) is 0 Å². The van der Waals surface area contributed by atoms with Crippen LogP contribution in [0.5, 0.6) is 0 Å². The molecule has 0 aliphatic heterocycles. The van der Waals surface area contributed by atoms with E-state index >= 15 is 0 Å². The van der Waals surface area contributed by atoms with E-state index in [9.17, 15) is 0 Å². The van der Waals surface area contributed by atoms with Crippen LogP contribution in [0.2, 0.25) is 0 Å². The summed E-state index contributed by atoms with van der Waals surface area (Å²) in [5.74, 6) is 0. The van der Waals surface area contributed by atoms with Gasteiger partial charge in [0.2, 0.25) is 0 Å². The van der Waals surface area contributed by atoms with Crippen molar-refractivity contribution in [2.45, 2.75) is 121 Å². The predicted molar refractivity (Wildman–Crippen MR) is 186 cm³/mol. The second-order valence-electron chi connectivity index (χ2n) is 11.8. The molecule has 40 heavy (non-hydrogen) atoms. The topological polar surface area (TPSA) is 0 Å². The molecule has 0 nitrogen and oxygen atoms in total. The van der Waals surface area contributed by atoms with E-state index in [0.29, 0.717) is 0 Å². The van der Waals surface area contributed by atoms with Crippen molar-refractivity contribution in [3.8, 4) is 0 Å². The van der Waals surface area contributed by atoms with Gasteiger partial charge in [0.05, 0.1) is 0 Å². The van der Waals surface area contributed by atoms with E-state index in [0.717, 1.165) is 38.5 Å². The predicted octanol–water partition coefficient (Wildman–Crippen LogP) is 13.4. The van der Waals surface area contributed by atoms with Gasteiger partial charge >= 0.3 is 0 Å². The SMILES string of the molecule is CC(C)=CCCC(C)=CCCC(C)=CC=CC(C)=CC=CC=C(C)C=CC=C(C)CCC=C(C)CCC=C(C)C. The number of allylic oxidation sites excluding steroid dienone is 22. The zero-order valence-corrected chi connectivity index (χ0v) is 27.7. The Balaban J connectivity index is 4.51. The summed E-state index contributed by atoms with van der Waals surface area (Å²) >= 11 is 0. The molecule has 0 aromatic heterocycles. The van der Waals surface area contributed by atoms with Gasteiger partial charge in [-0.1, -0.05) is 130 Å². The van der Waals surface area contributed by atoms with Crippen LogP contribution in [0.3, 0.4) is 0 Å². The van der Waals surface area contributed by atoms with E-state index in [1.54, 1.807) is 0 Å². The van der Waals surface area contributed by atoms with Crippen molar-refractivity contribution in [2.75, 3.05) is 0 Å². The zero-order chi connectivity index (χ0) is 30.2. The lowest BCUT2D eigenvalue weighted by molar-refractivity contribution is 0.918. The first-order chi connectivity index (χ1) is 19.0. The number of hydrogen-bond acceptors (Lipinski definition) is 0. The normalized spacial score (nSPS) is 14.7. The molecule has 0 unspecified atom stereocenters. The first-order valence-electron chi connectivity index (χ1n) is 15.3. The van der Waals surface area contributed by atoms with E-state index in [1.807, 2.05) is 0 Å². The monoisotopic (exact) mass is 540 g/mol. The van der Waals surface area contributed by atoms with Gasteiger partial charge in [0.25, 0.3) is 0 Å². The average molecular weight is 541 g/mol. The molecule has 0 heterocycles. The van der Waals surface area contributed by atoms with Gasteiger partial charge < -0.3 is 0 Å². The lowest BCUT2D eigenvalue weighted by Gasteiger charge is -2.00. The zero-order valence-electron chi connectivity index (χ0n) is 27.7. The fourth-order valence-electron chi connectivity index (χ4n) is 3.89. The van der Waals surface area contributed by atoms with Gasteiger partial charge in [0.15, 0.2) is 0 Å². The minimum Gasteiger partial charge on any atom is -0.0856 e. The Hall–Kier alpha value is -2.86. The van der Waals surface area contributed by atoms with Crippen LogP contribution in [0, 0.1) is 0 Å². The third kappa shape index (κ3) is 25.4. The molecule has 0 aromatic rings. The quantitative estimate of drug-likeness (QED) is 0.120. The number of hydrogen-bond donors (Lipinski definition) is 0. The molecule has 0 aliphatic carbocycles. The van der Waals surface area contributed by atoms with Crippen molar-refractivity contribution < 1.29 is 0 Å². The second kappa shape index (κ2) is 24.0. The summed E-state index contributed by atoms with van der Waals surface area (Å²) < 4.78 is 0. The molecule has 0 aromatic carbocycles. The van der Waals surface area contributed by atoms with Crippen LogP contribution in [-0.4, -0.2) is 0 Å². The highest BCUT2D eigenvalue weighted by Gasteiger charge is 1.92. The maximum Gasteiger partial charge on any atom is -0.0285 e. The Bertz CT molecular complexity index is 967. The number of rotatable bonds is 18. The van der Waals surface area contributed by atoms with E-state index in [1.165, 1.54) is 57.4 Å². The molecule has 0 aliphatic rings. The summed E-state index contributed by atoms with van der Waals surface area (Å²) in [6.45, 7) is 21.9. The molecular formula is C40H60. The molecule has 0 spiro atoms. The van der Waals surface area contributed by atoms with Crippen molar-refractivity contribution >= 4 is 0 Å². The smallest absolute Gasteiger partial charge is 0.0285 e. The summed E-state index contributed by atoms with van der Waals surface area (Å²) in [4.78, 5) is 0. The maximum absolute atomic E-state index is 2.40. The van der Waals surface area contributed by atoms with Gasteiger partial charge in [0, 0.05) is 0 Å². The fraction of sp³-hybridized carbons (Fsp3) is 0.450. The lowest BCUT2D eigenvalue weighted by atomic mass is 10.1. The van der Waals surface area contributed by atoms with Gasteiger partial charge in [-0.15, -0.1) is 0 Å². The van der Waals surface area contributed by atoms with Crippen LogP contribution in [0.4, 0.5) is 0 Å². The first kappa shape index (κ1) is 37.1. The van der Waals surface area contributed by atoms with Crippen molar-refractivity contribution in [1.82, 2.24) is 0 Å². The van der Waals surface area contributed by atoms with Gasteiger partial charge in [-0.3, -0.25) is 0 Å². The van der Waals surface area contributed by atoms with Crippen molar-refractivity contribution in [2.24, 2.45) is 0 Å². The molecular weight excluding hydrogens is 480 g/mol. The highest BCUT2D eigenvalue weighted by molar-refractivity contribution is 5.30. The van der Waals surface area contributed by atoms with Gasteiger partial charge in [0.1, 0.15) is 0 Å². The minimum atomic E-state index is 1.12. The molecule has 0 rings (SSSR count). The molecule has 0 bridgehead atoms. The Morgan fingerprint density at radius 2 is 0.675 bits per heavy atom. The van der Waals surface area contributed by atoms with E-state index in [-0.39, 0.29) is 0 Å². The third-order valence-electron chi connectivity index (χ3n) is 6.55. The Labute approximate surface area is 249 Å². The van der Waals surface area contributed by atoms with E-state index < -0.39 is 0 Å². The summed E-state index contributed by atoms with van der Waals surface area (Å²) in [6, 6.07) is 0. The van der Waals surface area contributed by atoms with Crippen LogP contribution in [0.1, 0.15) is 121 Å². The van der Waals surface area contributed by atoms with Gasteiger partial charge in [-0.2, -0.15) is 0 Å². The summed E-state index contributed by atoms with van der Waals surface area (Å²) in [5.41, 5.74) is 11.1. The molecule has 0 heteroatoms. The fourth-order valence-corrected chi connectivity index (χ4v) is 3.89. The Kier molecular flexibility index (Phi) is 22.3. The van der Waals surface area contributed by atoms with Crippen LogP contribution >= 0.6 is 0 Å². The average Bonchev–Trinajstić information content (AvgIpc) is 2.86. The van der Waals surface area contributed by atoms with Gasteiger partial charge in [-0.05, 0) is 121 Å². The first-order valence-corrected chi connectivity index (χ1v) is 15.3. The molecule has 0 saturated carbocycles. The lowest BCUT2D eigenvalue weighted by Crippen LogP contribution is -1.80. The molecule has 0 radical (unpaired) electrons. The van der Waals surface area contributed by atoms with E-state index in [2.05, 4.69) is 154 Å². The molecule has 0 atom stereocenters. The molecule has 0 N–H and O–H groups in total. The highest BCUT2D eigenvalue weighted by Crippen LogP contribution is 2.13. The van der Waals surface area contributed by atoms with Crippen LogP contribution in [0.25, 0.3) is 0 Å². The molecule has 0 saturated heterocycles. The Morgan fingerprint density at radius 1 is 0.350 bits per heavy atom. The summed E-state index contributed by atoms with van der Waals surface area (Å²) in [5, 5.41) is 0. The second-order valence-corrected chi connectivity index (χ2v) is 11.8. The molecule has 0 fully saturated rings. The third-order valence-corrected chi connectivity index (χ3v) is 6.55. The summed E-state index contributed by atoms with van der Waals surface area (Å²) in [7, 11) is 0. The maximum atomic E-state index is 2.40. The highest BCUT2D eigenvalue weighted by atomic mass is 14.0. The van der Waals surface area contributed by atoms with Crippen LogP contribution in [0.15, 0.2) is 130 Å². The Morgan fingerprint density at radius 3 is 1.02 bits per heavy atom. The van der Waals surface area contributed by atoms with Crippen molar-refractivity contribution in [3.63, 3.8) is 0 Å². The molecule has 0 amide bonds. The molecule has 220 valence electrons. The van der Waals surface area contributed by atoms with E-state index in [4.69, 9.17) is 0 Å².